The maximum atomic E-state index is 11.2. The molecule has 4 atom stereocenters. The predicted octanol–water partition coefficient (Wildman–Crippen LogP) is 0.208. The van der Waals surface area contributed by atoms with Crippen LogP contribution in [0, 0.1) is 0 Å². The highest BCUT2D eigenvalue weighted by atomic mass is 32.0. The number of amides is 2. The Bertz CT molecular complexity index is 209. The van der Waals surface area contributed by atoms with E-state index in [1.807, 2.05) is 0 Å². The molecule has 7 heteroatoms. The molecule has 68 valence electrons. The first kappa shape index (κ1) is 10.3. The van der Waals surface area contributed by atoms with Crippen LogP contribution < -0.4 is 5.32 Å². The van der Waals surface area contributed by atoms with Crippen LogP contribution in [0.15, 0.2) is 0 Å². The second-order valence-electron chi connectivity index (χ2n) is 2.41. The molecule has 12 heavy (non-hydrogen) atoms. The van der Waals surface area contributed by atoms with Crippen molar-refractivity contribution in [3.05, 3.63) is 0 Å². The molecular formula is C5H11N2O2P3. The van der Waals surface area contributed by atoms with Crippen molar-refractivity contribution in [3.63, 3.8) is 0 Å². The number of Topliss-reactive ketones (excluding diaryl/α,β-unsaturated/α-hetero) is 1. The quantitative estimate of drug-likeness (QED) is 0.696. The summed E-state index contributed by atoms with van der Waals surface area (Å²) >= 11 is 0. The van der Waals surface area contributed by atoms with Gasteiger partial charge in [-0.05, 0) is 8.42 Å². The van der Waals surface area contributed by atoms with Gasteiger partial charge in [-0.3, -0.25) is 4.79 Å². The average molecular weight is 224 g/mol. The first-order valence-corrected chi connectivity index (χ1v) is 7.03. The van der Waals surface area contributed by atoms with Crippen LogP contribution in [0.2, 0.25) is 0 Å². The molecule has 4 nitrogen and oxygen atoms in total. The van der Waals surface area contributed by atoms with Crippen molar-refractivity contribution in [3.8, 4) is 0 Å². The molecular weight excluding hydrogens is 213 g/mol. The first-order valence-electron chi connectivity index (χ1n) is 3.46. The number of ketones is 1. The topological polar surface area (TPSA) is 49.4 Å². The van der Waals surface area contributed by atoms with Gasteiger partial charge in [-0.15, -0.1) is 9.24 Å². The maximum Gasteiger partial charge on any atom is 0.321 e. The number of carbonyl (C=O) groups is 2. The fourth-order valence-electron chi connectivity index (χ4n) is 0.974. The minimum Gasteiger partial charge on any atom is -0.326 e. The van der Waals surface area contributed by atoms with Crippen molar-refractivity contribution in [2.75, 3.05) is 12.7 Å². The van der Waals surface area contributed by atoms with Gasteiger partial charge in [0.2, 0.25) is 0 Å². The van der Waals surface area contributed by atoms with E-state index in [1.54, 1.807) is 4.67 Å². The molecule has 2 amide bonds. The average Bonchev–Trinajstić information content (AvgIpc) is 2.45. The number of nitrogens with one attached hydrogen (secondary N) is 1. The van der Waals surface area contributed by atoms with E-state index in [9.17, 15) is 9.59 Å². The Morgan fingerprint density at radius 2 is 2.50 bits per heavy atom. The fourth-order valence-corrected chi connectivity index (χ4v) is 2.40. The SMILES string of the molecule is O=C(CP)C1CN(PP)C(=O)N1. The van der Waals surface area contributed by atoms with E-state index < -0.39 is 0 Å². The van der Waals surface area contributed by atoms with Crippen LogP contribution in [0.5, 0.6) is 0 Å². The third-order valence-corrected chi connectivity index (χ3v) is 3.69. The smallest absolute Gasteiger partial charge is 0.321 e. The molecule has 0 saturated carbocycles. The minimum atomic E-state index is -0.303. The number of nitrogens with zero attached hydrogens (tertiary/aromatic N) is 1. The van der Waals surface area contributed by atoms with Gasteiger partial charge in [0.15, 0.2) is 5.78 Å². The third-order valence-electron chi connectivity index (χ3n) is 1.65. The lowest BCUT2D eigenvalue weighted by Gasteiger charge is -2.09. The van der Waals surface area contributed by atoms with E-state index in [1.165, 1.54) is 0 Å². The van der Waals surface area contributed by atoms with Crippen LogP contribution >= 0.6 is 26.6 Å². The highest BCUT2D eigenvalue weighted by Crippen LogP contribution is 2.29. The van der Waals surface area contributed by atoms with Gasteiger partial charge in [0, 0.05) is 6.16 Å². The standard InChI is InChI=1S/C5H11N2O2P3/c8-4(2-10)3-1-7(12-11)5(9)6-3/h3,12H,1-2,10-11H2,(H,6,9). The first-order chi connectivity index (χ1) is 5.69. The van der Waals surface area contributed by atoms with Gasteiger partial charge in [-0.2, -0.15) is 0 Å². The largest absolute Gasteiger partial charge is 0.326 e. The number of hydrogen-bond acceptors (Lipinski definition) is 2. The zero-order valence-electron chi connectivity index (χ0n) is 6.41. The van der Waals surface area contributed by atoms with Crippen molar-refractivity contribution in [1.29, 1.82) is 0 Å². The summed E-state index contributed by atoms with van der Waals surface area (Å²) in [5.74, 6) is 0.0686. The van der Waals surface area contributed by atoms with Gasteiger partial charge >= 0.3 is 6.03 Å². The lowest BCUT2D eigenvalue weighted by atomic mass is 10.2. The van der Waals surface area contributed by atoms with Crippen molar-refractivity contribution >= 4 is 38.4 Å². The molecule has 1 aliphatic heterocycles. The van der Waals surface area contributed by atoms with Crippen LogP contribution in [0.1, 0.15) is 0 Å². The molecule has 0 spiro atoms. The van der Waals surface area contributed by atoms with E-state index in [2.05, 4.69) is 23.5 Å². The molecule has 0 aromatic carbocycles. The number of urea groups is 1. The van der Waals surface area contributed by atoms with Crippen LogP contribution in [-0.4, -0.2) is 35.2 Å². The summed E-state index contributed by atoms with van der Waals surface area (Å²) in [5.41, 5.74) is 0. The van der Waals surface area contributed by atoms with Gasteiger partial charge in [0.05, 0.1) is 6.54 Å². The molecule has 4 unspecified atom stereocenters. The normalized spacial score (nSPS) is 23.7. The van der Waals surface area contributed by atoms with E-state index in [0.717, 1.165) is 0 Å². The van der Waals surface area contributed by atoms with Gasteiger partial charge in [0.25, 0.3) is 0 Å². The molecule has 0 aromatic heterocycles. The highest BCUT2D eigenvalue weighted by molar-refractivity contribution is 8.01. The molecule has 0 aliphatic carbocycles. The predicted molar refractivity (Wildman–Crippen MR) is 56.6 cm³/mol. The Balaban J connectivity index is 2.54. The van der Waals surface area contributed by atoms with E-state index in [-0.39, 0.29) is 17.9 Å². The van der Waals surface area contributed by atoms with Crippen molar-refractivity contribution < 1.29 is 9.59 Å². The molecule has 1 N–H and O–H groups in total. The second kappa shape index (κ2) is 4.46. The summed E-state index contributed by atoms with van der Waals surface area (Å²) in [6, 6.07) is -0.441. The third kappa shape index (κ3) is 2.13. The lowest BCUT2D eigenvalue weighted by molar-refractivity contribution is -0.117. The molecule has 1 rings (SSSR count). The fraction of sp³-hybridized carbons (Fsp3) is 0.600. The summed E-state index contributed by atoms with van der Waals surface area (Å²) in [4.78, 5) is 22.2. The monoisotopic (exact) mass is 224 g/mol. The summed E-state index contributed by atoms with van der Waals surface area (Å²) in [6.45, 7) is 0.508. The van der Waals surface area contributed by atoms with Crippen LogP contribution in [0.4, 0.5) is 4.79 Å². The number of rotatable bonds is 3. The van der Waals surface area contributed by atoms with Gasteiger partial charge in [-0.1, -0.05) is 8.93 Å². The Morgan fingerprint density at radius 1 is 1.83 bits per heavy atom. The Kier molecular flexibility index (Phi) is 3.83. The van der Waals surface area contributed by atoms with Gasteiger partial charge in [0.1, 0.15) is 6.04 Å². The Hall–Kier alpha value is 0.230. The van der Waals surface area contributed by atoms with E-state index >= 15 is 0 Å². The maximum absolute atomic E-state index is 11.2. The Labute approximate surface area is 77.4 Å². The van der Waals surface area contributed by atoms with Crippen LogP contribution in [0.3, 0.4) is 0 Å². The van der Waals surface area contributed by atoms with E-state index in [4.69, 9.17) is 0 Å². The van der Waals surface area contributed by atoms with Gasteiger partial charge < -0.3 is 9.99 Å². The summed E-state index contributed by atoms with van der Waals surface area (Å²) in [6.07, 6.45) is 0.402. The highest BCUT2D eigenvalue weighted by Gasteiger charge is 2.31. The minimum absolute atomic E-state index is 0.0686. The van der Waals surface area contributed by atoms with Crippen molar-refractivity contribution in [2.24, 2.45) is 0 Å². The molecule has 1 saturated heterocycles. The number of carbonyl (C=O) groups excluding carboxylic acids is 2. The van der Waals surface area contributed by atoms with Crippen LogP contribution in [0.25, 0.3) is 0 Å². The summed E-state index contributed by atoms with van der Waals surface area (Å²) in [5, 5.41) is 2.62. The molecule has 0 bridgehead atoms. The Morgan fingerprint density at radius 3 is 2.92 bits per heavy atom. The number of hydrogen-bond donors (Lipinski definition) is 1. The zero-order valence-corrected chi connectivity index (χ0v) is 9.72. The van der Waals surface area contributed by atoms with Crippen molar-refractivity contribution in [1.82, 2.24) is 9.99 Å². The molecule has 1 fully saturated rings. The lowest BCUT2D eigenvalue weighted by Crippen LogP contribution is -2.35. The van der Waals surface area contributed by atoms with Gasteiger partial charge in [-0.25, -0.2) is 4.79 Å². The molecule has 1 aliphatic rings. The van der Waals surface area contributed by atoms with Crippen LogP contribution in [-0.2, 0) is 4.79 Å². The molecule has 0 radical (unpaired) electrons. The van der Waals surface area contributed by atoms with Crippen molar-refractivity contribution in [2.45, 2.75) is 6.04 Å². The second-order valence-corrected chi connectivity index (χ2v) is 4.39. The molecule has 0 aromatic rings. The van der Waals surface area contributed by atoms with E-state index in [0.29, 0.717) is 21.1 Å². The summed E-state index contributed by atoms with van der Waals surface area (Å²) < 4.78 is 1.62. The summed E-state index contributed by atoms with van der Waals surface area (Å²) in [7, 11) is 5.20. The molecule has 1 heterocycles. The zero-order chi connectivity index (χ0) is 9.14.